The summed E-state index contributed by atoms with van der Waals surface area (Å²) >= 11 is 13.6. The lowest BCUT2D eigenvalue weighted by Gasteiger charge is -2.29. The van der Waals surface area contributed by atoms with Crippen LogP contribution in [0.25, 0.3) is 27.6 Å². The normalized spacial score (nSPS) is 18.0. The van der Waals surface area contributed by atoms with Crippen molar-refractivity contribution in [3.8, 4) is 28.4 Å². The van der Waals surface area contributed by atoms with Crippen LogP contribution in [0.3, 0.4) is 0 Å². The lowest BCUT2D eigenvalue weighted by molar-refractivity contribution is 0.463. The fraction of sp³-hybridized carbons (Fsp3) is 0.222. The summed E-state index contributed by atoms with van der Waals surface area (Å²) in [4.78, 5) is 15.8. The third-order valence-corrected chi connectivity index (χ3v) is 9.79. The molecule has 0 aliphatic heterocycles. The van der Waals surface area contributed by atoms with E-state index >= 15 is 0 Å². The zero-order chi connectivity index (χ0) is 26.2. The molecule has 1 fully saturated rings. The van der Waals surface area contributed by atoms with Crippen LogP contribution in [-0.2, 0) is 10.8 Å². The highest BCUT2D eigenvalue weighted by molar-refractivity contribution is 7.85. The van der Waals surface area contributed by atoms with E-state index in [9.17, 15) is 9.32 Å². The highest BCUT2D eigenvalue weighted by atomic mass is 35.5. The van der Waals surface area contributed by atoms with Crippen LogP contribution in [0.15, 0.2) is 71.2 Å². The Bertz CT molecular complexity index is 1640. The van der Waals surface area contributed by atoms with E-state index < -0.39 is 10.8 Å². The zero-order valence-corrected chi connectivity index (χ0v) is 23.7. The first-order valence-corrected chi connectivity index (χ1v) is 15.0. The number of hydrogen-bond donors (Lipinski definition) is 2. The second-order valence-corrected chi connectivity index (χ2v) is 12.6. The maximum Gasteiger partial charge on any atom is 0.223 e. The summed E-state index contributed by atoms with van der Waals surface area (Å²) in [5.41, 5.74) is 2.95. The largest absolute Gasteiger partial charge is 0.506 e. The van der Waals surface area contributed by atoms with Crippen molar-refractivity contribution in [2.75, 3.05) is 5.32 Å². The minimum atomic E-state index is -1.10. The molecule has 5 aromatic rings. The van der Waals surface area contributed by atoms with Crippen LogP contribution in [-0.4, -0.2) is 45.4 Å². The first kappa shape index (κ1) is 27.5. The molecule has 4 N–H and O–H groups in total. The molecule has 1 aliphatic carbocycles. The summed E-state index contributed by atoms with van der Waals surface area (Å²) in [6, 6.07) is 14.3. The van der Waals surface area contributed by atoms with Crippen LogP contribution < -0.4 is 5.32 Å². The molecule has 2 unspecified atom stereocenters. The van der Waals surface area contributed by atoms with Gasteiger partial charge in [-0.25, -0.2) is 15.0 Å². The molecular formula is C27H25Cl2N5O3S2. The van der Waals surface area contributed by atoms with Crippen molar-refractivity contribution in [1.29, 1.82) is 0 Å². The van der Waals surface area contributed by atoms with E-state index in [-0.39, 0.29) is 27.5 Å². The predicted octanol–water partition coefficient (Wildman–Crippen LogP) is 6.24. The maximum atomic E-state index is 13.2. The van der Waals surface area contributed by atoms with Gasteiger partial charge in [0, 0.05) is 44.5 Å². The number of halogens is 2. The maximum absolute atomic E-state index is 13.2. The van der Waals surface area contributed by atoms with Gasteiger partial charge in [-0.3, -0.25) is 8.61 Å². The quantitative estimate of drug-likeness (QED) is 0.237. The number of thiazole rings is 1. The van der Waals surface area contributed by atoms with Crippen LogP contribution in [0.2, 0.25) is 10.0 Å². The minimum Gasteiger partial charge on any atom is -0.506 e. The number of aromatic hydroxyl groups is 1. The van der Waals surface area contributed by atoms with Crippen molar-refractivity contribution < 1.29 is 14.8 Å². The van der Waals surface area contributed by atoms with Crippen LogP contribution in [0.1, 0.15) is 25.7 Å². The summed E-state index contributed by atoms with van der Waals surface area (Å²) in [6.45, 7) is 0. The number of anilines is 1. The standard InChI is InChI=1S/C27H23Cl2N5O2S2.H2O/c28-17-5-7-19(8-6-17)38(36)20-3-1-2-18(15-20)31-26-30-11-10-22(32-26)25-24(33-27-34(25)12-13-37-27)16-4-9-21(29)23(35)14-16;/h4-14,18,20,35H,1-3,15H2,(H,30,31,32);1H2/t18-,20?,38?;/m1./s1. The van der Waals surface area contributed by atoms with Crippen LogP contribution in [0.5, 0.6) is 5.75 Å². The van der Waals surface area contributed by atoms with Gasteiger partial charge < -0.3 is 15.9 Å². The number of fused-ring (bicyclic) bond motifs is 1. The molecule has 39 heavy (non-hydrogen) atoms. The van der Waals surface area contributed by atoms with Crippen molar-refractivity contribution >= 4 is 56.2 Å². The third-order valence-electron chi connectivity index (χ3n) is 6.69. The summed E-state index contributed by atoms with van der Waals surface area (Å²) in [6.07, 6.45) is 7.29. The first-order chi connectivity index (χ1) is 18.5. The monoisotopic (exact) mass is 601 g/mol. The summed E-state index contributed by atoms with van der Waals surface area (Å²) in [5, 5.41) is 16.6. The molecule has 6 rings (SSSR count). The molecular weight excluding hydrogens is 577 g/mol. The molecule has 0 spiro atoms. The molecule has 202 valence electrons. The van der Waals surface area contributed by atoms with E-state index in [4.69, 9.17) is 33.2 Å². The van der Waals surface area contributed by atoms with Gasteiger partial charge in [-0.05, 0) is 61.7 Å². The number of imidazole rings is 1. The van der Waals surface area contributed by atoms with Crippen LogP contribution in [0.4, 0.5) is 5.95 Å². The number of hydrogen-bond acceptors (Lipinski definition) is 7. The van der Waals surface area contributed by atoms with E-state index in [0.29, 0.717) is 22.4 Å². The van der Waals surface area contributed by atoms with Crippen molar-refractivity contribution in [3.05, 3.63) is 76.3 Å². The van der Waals surface area contributed by atoms with Crippen molar-refractivity contribution in [2.24, 2.45) is 0 Å². The van der Waals surface area contributed by atoms with E-state index in [1.165, 1.54) is 11.3 Å². The molecule has 1 saturated carbocycles. The van der Waals surface area contributed by atoms with Gasteiger partial charge in [0.25, 0.3) is 0 Å². The lowest BCUT2D eigenvalue weighted by atomic mass is 9.95. The van der Waals surface area contributed by atoms with Gasteiger partial charge >= 0.3 is 0 Å². The molecule has 2 aromatic carbocycles. The van der Waals surface area contributed by atoms with Gasteiger partial charge in [0.15, 0.2) is 4.96 Å². The Hall–Kier alpha value is -3.02. The average Bonchev–Trinajstić information content (AvgIpc) is 3.52. The number of rotatable bonds is 6. The topological polar surface area (TPSA) is 124 Å². The van der Waals surface area contributed by atoms with Crippen LogP contribution >= 0.6 is 34.5 Å². The van der Waals surface area contributed by atoms with Crippen LogP contribution in [0, 0.1) is 0 Å². The van der Waals surface area contributed by atoms with Gasteiger partial charge in [-0.1, -0.05) is 35.7 Å². The molecule has 0 bridgehead atoms. The van der Waals surface area contributed by atoms with Gasteiger partial charge in [0.1, 0.15) is 11.4 Å². The SMILES string of the molecule is O.O=S(c1ccc(Cl)cc1)C1CCC[C@@H](Nc2nccc(-c3c(-c4ccc(Cl)c(O)c4)nc4sccn34)n2)C1. The third kappa shape index (κ3) is 5.66. The zero-order valence-electron chi connectivity index (χ0n) is 20.6. The van der Waals surface area contributed by atoms with Gasteiger partial charge in [0.2, 0.25) is 5.95 Å². The van der Waals surface area contributed by atoms with E-state index in [0.717, 1.165) is 46.8 Å². The molecule has 0 amide bonds. The van der Waals surface area contributed by atoms with E-state index in [1.54, 1.807) is 30.5 Å². The Morgan fingerprint density at radius 1 is 1.08 bits per heavy atom. The average molecular weight is 603 g/mol. The van der Waals surface area contributed by atoms with Gasteiger partial charge in [-0.15, -0.1) is 11.3 Å². The molecule has 8 nitrogen and oxygen atoms in total. The molecule has 12 heteroatoms. The fourth-order valence-corrected chi connectivity index (χ4v) is 7.40. The van der Waals surface area contributed by atoms with Gasteiger partial charge in [0.05, 0.1) is 27.2 Å². The molecule has 3 aromatic heterocycles. The summed E-state index contributed by atoms with van der Waals surface area (Å²) in [5.74, 6) is 0.514. The van der Waals surface area contributed by atoms with Gasteiger partial charge in [-0.2, -0.15) is 0 Å². The lowest BCUT2D eigenvalue weighted by Crippen LogP contribution is -2.33. The smallest absolute Gasteiger partial charge is 0.223 e. The Labute approximate surface area is 241 Å². The highest BCUT2D eigenvalue weighted by Crippen LogP contribution is 2.37. The summed E-state index contributed by atoms with van der Waals surface area (Å²) < 4.78 is 15.2. The molecule has 0 radical (unpaired) electrons. The number of phenols is 1. The second-order valence-electron chi connectivity index (χ2n) is 9.18. The Morgan fingerprint density at radius 2 is 1.90 bits per heavy atom. The Morgan fingerprint density at radius 3 is 2.69 bits per heavy atom. The number of phenolic OH excluding ortho intramolecular Hbond substituents is 1. The predicted molar refractivity (Wildman–Crippen MR) is 157 cm³/mol. The summed E-state index contributed by atoms with van der Waals surface area (Å²) in [7, 11) is -1.10. The molecule has 3 atom stereocenters. The second kappa shape index (κ2) is 11.6. The van der Waals surface area contributed by atoms with Crippen molar-refractivity contribution in [1.82, 2.24) is 19.4 Å². The molecule has 0 saturated heterocycles. The minimum absolute atomic E-state index is 0. The highest BCUT2D eigenvalue weighted by Gasteiger charge is 2.28. The number of aromatic nitrogens is 4. The molecule has 3 heterocycles. The van der Waals surface area contributed by atoms with Crippen molar-refractivity contribution in [3.63, 3.8) is 0 Å². The number of nitrogens with zero attached hydrogens (tertiary/aromatic N) is 4. The van der Waals surface area contributed by atoms with Crippen molar-refractivity contribution in [2.45, 2.75) is 41.9 Å². The number of benzene rings is 2. The molecule has 1 aliphatic rings. The Balaban J connectivity index is 0.00000308. The van der Waals surface area contributed by atoms with E-state index in [1.807, 2.05) is 40.2 Å². The van der Waals surface area contributed by atoms with E-state index in [2.05, 4.69) is 10.3 Å². The fourth-order valence-electron chi connectivity index (χ4n) is 4.87. The first-order valence-electron chi connectivity index (χ1n) is 12.2. The number of nitrogens with one attached hydrogen (secondary N) is 1. The Kier molecular flexibility index (Phi) is 8.20.